The van der Waals surface area contributed by atoms with Gasteiger partial charge in [-0.1, -0.05) is 12.1 Å². The molecular weight excluding hydrogens is 367 g/mol. The monoisotopic (exact) mass is 391 g/mol. The molecular formula is C19H24FN4O2S+. The van der Waals surface area contributed by atoms with Crippen molar-refractivity contribution in [2.24, 2.45) is 5.10 Å². The minimum atomic E-state index is -0.322. The lowest BCUT2D eigenvalue weighted by Gasteiger charge is -2.23. The fraction of sp³-hybridized carbons (Fsp3) is 0.368. The van der Waals surface area contributed by atoms with Crippen molar-refractivity contribution in [1.82, 2.24) is 10.7 Å². The number of hydrogen-bond acceptors (Lipinski definition) is 4. The summed E-state index contributed by atoms with van der Waals surface area (Å²) in [4.78, 5) is 1.57. The Hall–Kier alpha value is -2.29. The van der Waals surface area contributed by atoms with Crippen molar-refractivity contribution in [3.63, 3.8) is 0 Å². The second-order valence-electron chi connectivity index (χ2n) is 6.27. The van der Waals surface area contributed by atoms with E-state index in [1.54, 1.807) is 35.2 Å². The molecule has 0 saturated carbocycles. The number of thiocarbonyl (C=S) groups is 1. The van der Waals surface area contributed by atoms with Crippen molar-refractivity contribution in [3.8, 4) is 11.3 Å². The number of nitrogens with one attached hydrogen (secondary N) is 3. The van der Waals surface area contributed by atoms with Crippen LogP contribution in [0.2, 0.25) is 0 Å². The highest BCUT2D eigenvalue weighted by Gasteiger charge is 2.12. The second-order valence-corrected chi connectivity index (χ2v) is 6.68. The Balaban J connectivity index is 1.37. The molecule has 3 N–H and O–H groups in total. The zero-order chi connectivity index (χ0) is 18.9. The van der Waals surface area contributed by atoms with Crippen LogP contribution in [0.15, 0.2) is 45.9 Å². The third-order valence-corrected chi connectivity index (χ3v) is 4.55. The van der Waals surface area contributed by atoms with Crippen LogP contribution in [0.4, 0.5) is 4.39 Å². The lowest BCUT2D eigenvalue weighted by Crippen LogP contribution is -3.14. The van der Waals surface area contributed by atoms with Crippen LogP contribution in [0, 0.1) is 5.82 Å². The highest BCUT2D eigenvalue weighted by molar-refractivity contribution is 7.80. The molecule has 2 aromatic rings. The Morgan fingerprint density at radius 1 is 1.22 bits per heavy atom. The summed E-state index contributed by atoms with van der Waals surface area (Å²) in [5, 5.41) is 7.64. The molecule has 1 aliphatic heterocycles. The predicted molar refractivity (Wildman–Crippen MR) is 106 cm³/mol. The van der Waals surface area contributed by atoms with Gasteiger partial charge >= 0.3 is 0 Å². The van der Waals surface area contributed by atoms with Crippen LogP contribution in [-0.2, 0) is 4.74 Å². The molecule has 3 rings (SSSR count). The minimum absolute atomic E-state index is 0.322. The summed E-state index contributed by atoms with van der Waals surface area (Å²) >= 11 is 5.20. The molecule has 27 heavy (non-hydrogen) atoms. The molecule has 0 atom stereocenters. The highest BCUT2D eigenvalue weighted by atomic mass is 32.1. The summed E-state index contributed by atoms with van der Waals surface area (Å²) in [6, 6.07) is 9.92. The maximum atomic E-state index is 13.8. The van der Waals surface area contributed by atoms with Crippen LogP contribution in [0.5, 0.6) is 0 Å². The van der Waals surface area contributed by atoms with Crippen molar-refractivity contribution in [3.05, 3.63) is 48.0 Å². The average molecular weight is 391 g/mol. The maximum absolute atomic E-state index is 13.8. The number of benzene rings is 1. The normalized spacial score (nSPS) is 15.1. The molecule has 1 aromatic heterocycles. The topological polar surface area (TPSA) is 63.2 Å². The van der Waals surface area contributed by atoms with Gasteiger partial charge in [0.2, 0.25) is 0 Å². The Morgan fingerprint density at radius 2 is 2.04 bits per heavy atom. The van der Waals surface area contributed by atoms with E-state index in [2.05, 4.69) is 15.8 Å². The van der Waals surface area contributed by atoms with Gasteiger partial charge in [-0.3, -0.25) is 5.43 Å². The van der Waals surface area contributed by atoms with Gasteiger partial charge in [-0.25, -0.2) is 4.39 Å². The van der Waals surface area contributed by atoms with Gasteiger partial charge in [-0.05, 0) is 36.5 Å². The number of quaternary nitrogens is 1. The number of ether oxygens (including phenoxy) is 1. The highest BCUT2D eigenvalue weighted by Crippen LogP contribution is 2.24. The van der Waals surface area contributed by atoms with E-state index in [1.807, 2.05) is 0 Å². The molecule has 0 spiro atoms. The molecule has 2 heterocycles. The smallest absolute Gasteiger partial charge is 0.186 e. The van der Waals surface area contributed by atoms with Crippen molar-refractivity contribution in [1.29, 1.82) is 0 Å². The molecule has 8 heteroatoms. The Labute approximate surface area is 163 Å². The Morgan fingerprint density at radius 3 is 2.85 bits per heavy atom. The number of morpholine rings is 1. The van der Waals surface area contributed by atoms with Crippen LogP contribution in [0.1, 0.15) is 12.2 Å². The van der Waals surface area contributed by atoms with Crippen molar-refractivity contribution in [2.75, 3.05) is 39.4 Å². The van der Waals surface area contributed by atoms with Gasteiger partial charge in [-0.15, -0.1) is 0 Å². The third kappa shape index (κ3) is 6.13. The number of halogens is 1. The molecule has 1 fully saturated rings. The summed E-state index contributed by atoms with van der Waals surface area (Å²) < 4.78 is 24.7. The van der Waals surface area contributed by atoms with E-state index in [9.17, 15) is 4.39 Å². The second kappa shape index (κ2) is 10.1. The van der Waals surface area contributed by atoms with Gasteiger partial charge < -0.3 is 19.4 Å². The van der Waals surface area contributed by atoms with Crippen LogP contribution in [-0.4, -0.2) is 50.7 Å². The molecule has 1 aliphatic rings. The minimum Gasteiger partial charge on any atom is -0.455 e. The SMILES string of the molecule is Fc1ccccc1-c1ccc(/C=N\NC(=S)NCCC[NH+]2CCOCC2)o1. The van der Waals surface area contributed by atoms with Gasteiger partial charge in [0.1, 0.15) is 30.4 Å². The lowest BCUT2D eigenvalue weighted by molar-refractivity contribution is -0.908. The Bertz CT molecular complexity index is 775. The number of hydrogen-bond donors (Lipinski definition) is 3. The summed E-state index contributed by atoms with van der Waals surface area (Å²) in [5.41, 5.74) is 3.18. The van der Waals surface area contributed by atoms with E-state index >= 15 is 0 Å². The van der Waals surface area contributed by atoms with Gasteiger partial charge in [-0.2, -0.15) is 5.10 Å². The van der Waals surface area contributed by atoms with Gasteiger partial charge in [0, 0.05) is 13.0 Å². The van der Waals surface area contributed by atoms with E-state index in [4.69, 9.17) is 21.4 Å². The zero-order valence-electron chi connectivity index (χ0n) is 15.0. The lowest BCUT2D eigenvalue weighted by atomic mass is 10.1. The number of nitrogens with zero attached hydrogens (tertiary/aromatic N) is 1. The molecule has 1 saturated heterocycles. The number of hydrazone groups is 1. The van der Waals surface area contributed by atoms with Crippen molar-refractivity contribution >= 4 is 23.5 Å². The molecule has 0 radical (unpaired) electrons. The summed E-state index contributed by atoms with van der Waals surface area (Å²) in [7, 11) is 0. The zero-order valence-corrected chi connectivity index (χ0v) is 15.9. The molecule has 144 valence electrons. The van der Waals surface area contributed by atoms with Gasteiger partial charge in [0.05, 0.1) is 31.5 Å². The molecule has 0 bridgehead atoms. The molecule has 1 aromatic carbocycles. The molecule has 0 unspecified atom stereocenters. The van der Waals surface area contributed by atoms with E-state index in [1.165, 1.54) is 12.3 Å². The van der Waals surface area contributed by atoms with Gasteiger partial charge in [0.15, 0.2) is 5.11 Å². The van der Waals surface area contributed by atoms with E-state index < -0.39 is 0 Å². The first-order chi connectivity index (χ1) is 13.2. The summed E-state index contributed by atoms with van der Waals surface area (Å²) in [6.45, 7) is 5.75. The molecule has 0 amide bonds. The summed E-state index contributed by atoms with van der Waals surface area (Å²) in [5.74, 6) is 0.651. The van der Waals surface area contributed by atoms with Crippen molar-refractivity contribution in [2.45, 2.75) is 6.42 Å². The Kier molecular flexibility index (Phi) is 7.32. The first kappa shape index (κ1) is 19.5. The fourth-order valence-corrected chi connectivity index (χ4v) is 3.03. The van der Waals surface area contributed by atoms with Crippen LogP contribution < -0.4 is 15.6 Å². The van der Waals surface area contributed by atoms with Crippen LogP contribution in [0.3, 0.4) is 0 Å². The van der Waals surface area contributed by atoms with Crippen LogP contribution in [0.25, 0.3) is 11.3 Å². The third-order valence-electron chi connectivity index (χ3n) is 4.32. The van der Waals surface area contributed by atoms with Crippen LogP contribution >= 0.6 is 12.2 Å². The number of furan rings is 1. The van der Waals surface area contributed by atoms with E-state index in [0.717, 1.165) is 45.8 Å². The largest absolute Gasteiger partial charge is 0.455 e. The predicted octanol–water partition coefficient (Wildman–Crippen LogP) is 1.19. The average Bonchev–Trinajstić information content (AvgIpc) is 3.15. The summed E-state index contributed by atoms with van der Waals surface area (Å²) in [6.07, 6.45) is 2.54. The molecule has 0 aliphatic carbocycles. The van der Waals surface area contributed by atoms with Gasteiger partial charge in [0.25, 0.3) is 0 Å². The standard InChI is InChI=1S/C19H23FN4O2S/c20-17-5-2-1-4-16(17)18-7-6-15(26-18)14-22-23-19(27)21-8-3-9-24-10-12-25-13-11-24/h1-2,4-7,14H,3,8-13H2,(H2,21,23,27)/p+1/b22-14-. The van der Waals surface area contributed by atoms with E-state index in [-0.39, 0.29) is 5.82 Å². The fourth-order valence-electron chi connectivity index (χ4n) is 2.87. The first-order valence-electron chi connectivity index (χ1n) is 9.05. The first-order valence-corrected chi connectivity index (χ1v) is 9.46. The van der Waals surface area contributed by atoms with Crippen molar-refractivity contribution < 1.29 is 18.4 Å². The molecule has 6 nitrogen and oxygen atoms in total. The maximum Gasteiger partial charge on any atom is 0.186 e. The number of rotatable bonds is 7. The van der Waals surface area contributed by atoms with E-state index in [0.29, 0.717) is 22.2 Å². The quantitative estimate of drug-likeness (QED) is 0.286.